The van der Waals surface area contributed by atoms with E-state index in [1.807, 2.05) is 18.9 Å². The van der Waals surface area contributed by atoms with Crippen LogP contribution in [0, 0.1) is 18.7 Å². The minimum Gasteiger partial charge on any atom is -0.397 e. The first-order valence-electron chi connectivity index (χ1n) is 5.85. The van der Waals surface area contributed by atoms with Gasteiger partial charge in [-0.3, -0.25) is 4.79 Å². The van der Waals surface area contributed by atoms with Crippen LogP contribution >= 0.6 is 0 Å². The number of hydrogen-bond donors (Lipinski definition) is 2. The standard InChI is InChI=1S/C13H20FN3O/c1-8-5-12(11(15)6-10(8)14)17(4)7-9(2)13(18)16-3/h5-6,9H,7,15H2,1-4H3,(H,16,18). The van der Waals surface area contributed by atoms with Crippen LogP contribution in [0.25, 0.3) is 0 Å². The maximum atomic E-state index is 13.3. The number of nitrogens with one attached hydrogen (secondary N) is 1. The van der Waals surface area contributed by atoms with E-state index in [0.29, 0.717) is 17.8 Å². The molecule has 0 aliphatic heterocycles. The lowest BCUT2D eigenvalue weighted by Crippen LogP contribution is -2.34. The first-order chi connectivity index (χ1) is 8.36. The third kappa shape index (κ3) is 3.12. The summed E-state index contributed by atoms with van der Waals surface area (Å²) in [5.41, 5.74) is 7.45. The lowest BCUT2D eigenvalue weighted by atomic mass is 10.1. The number of amides is 1. The lowest BCUT2D eigenvalue weighted by molar-refractivity contribution is -0.123. The topological polar surface area (TPSA) is 58.4 Å². The van der Waals surface area contributed by atoms with Crippen LogP contribution in [0.4, 0.5) is 15.8 Å². The van der Waals surface area contributed by atoms with Crippen LogP contribution in [0.2, 0.25) is 0 Å². The minimum absolute atomic E-state index is 0.0285. The average molecular weight is 253 g/mol. The molecular weight excluding hydrogens is 233 g/mol. The van der Waals surface area contributed by atoms with E-state index in [-0.39, 0.29) is 17.6 Å². The van der Waals surface area contributed by atoms with E-state index in [0.717, 1.165) is 5.69 Å². The Morgan fingerprint density at radius 3 is 2.72 bits per heavy atom. The van der Waals surface area contributed by atoms with Crippen LogP contribution < -0.4 is 16.0 Å². The van der Waals surface area contributed by atoms with Crippen molar-refractivity contribution >= 4 is 17.3 Å². The van der Waals surface area contributed by atoms with Crippen molar-refractivity contribution in [3.05, 3.63) is 23.5 Å². The number of benzene rings is 1. The number of nitrogens with zero attached hydrogens (tertiary/aromatic N) is 1. The SMILES string of the molecule is CNC(=O)C(C)CN(C)c1cc(C)c(F)cc1N. The molecule has 0 aromatic heterocycles. The van der Waals surface area contributed by atoms with Crippen molar-refractivity contribution in [3.63, 3.8) is 0 Å². The summed E-state index contributed by atoms with van der Waals surface area (Å²) in [5.74, 6) is -0.506. The van der Waals surface area contributed by atoms with Crippen LogP contribution in [0.1, 0.15) is 12.5 Å². The van der Waals surface area contributed by atoms with Crippen LogP contribution in [0.5, 0.6) is 0 Å². The molecule has 0 fully saturated rings. The van der Waals surface area contributed by atoms with Gasteiger partial charge in [-0.15, -0.1) is 0 Å². The number of hydrogen-bond acceptors (Lipinski definition) is 3. The normalized spacial score (nSPS) is 12.1. The summed E-state index contributed by atoms with van der Waals surface area (Å²) < 4.78 is 13.3. The second-order valence-corrected chi connectivity index (χ2v) is 4.56. The van der Waals surface area contributed by atoms with E-state index in [9.17, 15) is 9.18 Å². The van der Waals surface area contributed by atoms with E-state index in [2.05, 4.69) is 5.32 Å². The average Bonchev–Trinajstić information content (AvgIpc) is 2.32. The Bertz CT molecular complexity index is 448. The van der Waals surface area contributed by atoms with E-state index in [1.165, 1.54) is 6.07 Å². The van der Waals surface area contributed by atoms with Gasteiger partial charge in [-0.1, -0.05) is 6.92 Å². The highest BCUT2D eigenvalue weighted by molar-refractivity contribution is 5.79. The van der Waals surface area contributed by atoms with Crippen molar-refractivity contribution in [2.24, 2.45) is 5.92 Å². The molecule has 1 atom stereocenters. The lowest BCUT2D eigenvalue weighted by Gasteiger charge is -2.24. The molecule has 1 aromatic carbocycles. The first kappa shape index (κ1) is 14.3. The number of aryl methyl sites for hydroxylation is 1. The third-order valence-corrected chi connectivity index (χ3v) is 2.96. The zero-order valence-electron chi connectivity index (χ0n) is 11.2. The number of nitrogens with two attached hydrogens (primary N) is 1. The van der Waals surface area contributed by atoms with Crippen molar-refractivity contribution in [1.82, 2.24) is 5.32 Å². The van der Waals surface area contributed by atoms with Crippen molar-refractivity contribution in [2.75, 3.05) is 31.3 Å². The van der Waals surface area contributed by atoms with Crippen LogP contribution in [-0.4, -0.2) is 26.5 Å². The molecule has 100 valence electrons. The maximum Gasteiger partial charge on any atom is 0.224 e. The molecule has 18 heavy (non-hydrogen) atoms. The quantitative estimate of drug-likeness (QED) is 0.800. The second-order valence-electron chi connectivity index (χ2n) is 4.56. The molecule has 0 aliphatic carbocycles. The highest BCUT2D eigenvalue weighted by atomic mass is 19.1. The van der Waals surface area contributed by atoms with Crippen molar-refractivity contribution in [1.29, 1.82) is 0 Å². The first-order valence-corrected chi connectivity index (χ1v) is 5.85. The number of nitrogen functional groups attached to an aromatic ring is 1. The summed E-state index contributed by atoms with van der Waals surface area (Å²) in [5, 5.41) is 2.60. The fourth-order valence-electron chi connectivity index (χ4n) is 1.85. The molecule has 1 aromatic rings. The molecule has 0 aliphatic rings. The Morgan fingerprint density at radius 1 is 1.56 bits per heavy atom. The molecular formula is C13H20FN3O. The van der Waals surface area contributed by atoms with Gasteiger partial charge >= 0.3 is 0 Å². The molecule has 0 saturated carbocycles. The fourth-order valence-corrected chi connectivity index (χ4v) is 1.85. The molecule has 0 spiro atoms. The minimum atomic E-state index is -0.316. The van der Waals surface area contributed by atoms with E-state index in [1.54, 1.807) is 20.0 Å². The number of anilines is 2. The van der Waals surface area contributed by atoms with Crippen molar-refractivity contribution < 1.29 is 9.18 Å². The summed E-state index contributed by atoms with van der Waals surface area (Å²) >= 11 is 0. The molecule has 0 bridgehead atoms. The Labute approximate surface area is 107 Å². The number of carbonyl (C=O) groups excluding carboxylic acids is 1. The predicted molar refractivity (Wildman–Crippen MR) is 72.1 cm³/mol. The zero-order chi connectivity index (χ0) is 13.9. The monoisotopic (exact) mass is 253 g/mol. The van der Waals surface area contributed by atoms with Gasteiger partial charge < -0.3 is 16.0 Å². The Hall–Kier alpha value is -1.78. The van der Waals surface area contributed by atoms with Crippen LogP contribution in [0.3, 0.4) is 0 Å². The van der Waals surface area contributed by atoms with Gasteiger partial charge in [0.25, 0.3) is 0 Å². The molecule has 1 rings (SSSR count). The Morgan fingerprint density at radius 2 is 2.17 bits per heavy atom. The summed E-state index contributed by atoms with van der Waals surface area (Å²) in [6.07, 6.45) is 0. The highest BCUT2D eigenvalue weighted by Gasteiger charge is 2.16. The van der Waals surface area contributed by atoms with E-state index < -0.39 is 0 Å². The smallest absolute Gasteiger partial charge is 0.224 e. The summed E-state index contributed by atoms with van der Waals surface area (Å²) in [6, 6.07) is 3.01. The Balaban J connectivity index is 2.87. The summed E-state index contributed by atoms with van der Waals surface area (Å²) in [4.78, 5) is 13.3. The molecule has 0 saturated heterocycles. The predicted octanol–water partition coefficient (Wildman–Crippen LogP) is 1.53. The fraction of sp³-hybridized carbons (Fsp3) is 0.462. The Kier molecular flexibility index (Phi) is 4.53. The van der Waals surface area contributed by atoms with Gasteiger partial charge in [0.2, 0.25) is 5.91 Å². The third-order valence-electron chi connectivity index (χ3n) is 2.96. The summed E-state index contributed by atoms with van der Waals surface area (Å²) in [7, 11) is 3.44. The van der Waals surface area contributed by atoms with Gasteiger partial charge in [0.1, 0.15) is 5.82 Å². The molecule has 4 nitrogen and oxygen atoms in total. The zero-order valence-corrected chi connectivity index (χ0v) is 11.2. The largest absolute Gasteiger partial charge is 0.397 e. The van der Waals surface area contributed by atoms with E-state index >= 15 is 0 Å². The molecule has 5 heteroatoms. The second kappa shape index (κ2) is 5.71. The van der Waals surface area contributed by atoms with Gasteiger partial charge in [0, 0.05) is 20.6 Å². The number of rotatable bonds is 4. The molecule has 1 unspecified atom stereocenters. The van der Waals surface area contributed by atoms with Gasteiger partial charge in [0.15, 0.2) is 0 Å². The van der Waals surface area contributed by atoms with E-state index in [4.69, 9.17) is 5.73 Å². The number of carbonyl (C=O) groups is 1. The summed E-state index contributed by atoms with van der Waals surface area (Å²) in [6.45, 7) is 4.05. The van der Waals surface area contributed by atoms with Gasteiger partial charge in [-0.25, -0.2) is 4.39 Å². The molecule has 0 heterocycles. The van der Waals surface area contributed by atoms with Crippen molar-refractivity contribution in [3.8, 4) is 0 Å². The van der Waals surface area contributed by atoms with Gasteiger partial charge in [0.05, 0.1) is 17.3 Å². The molecule has 1 amide bonds. The number of halogens is 1. The molecule has 0 radical (unpaired) electrons. The maximum absolute atomic E-state index is 13.3. The van der Waals surface area contributed by atoms with Crippen LogP contribution in [-0.2, 0) is 4.79 Å². The van der Waals surface area contributed by atoms with Gasteiger partial charge in [-0.05, 0) is 24.6 Å². The van der Waals surface area contributed by atoms with Crippen molar-refractivity contribution in [2.45, 2.75) is 13.8 Å². The van der Waals surface area contributed by atoms with Crippen LogP contribution in [0.15, 0.2) is 12.1 Å². The van der Waals surface area contributed by atoms with Gasteiger partial charge in [-0.2, -0.15) is 0 Å². The molecule has 3 N–H and O–H groups in total. The highest BCUT2D eigenvalue weighted by Crippen LogP contribution is 2.26.